The normalized spacial score (nSPS) is 9.76. The summed E-state index contributed by atoms with van der Waals surface area (Å²) in [6.07, 6.45) is 0. The average Bonchev–Trinajstić information content (AvgIpc) is 2.88. The zero-order valence-electron chi connectivity index (χ0n) is 18.5. The van der Waals surface area contributed by atoms with Crippen molar-refractivity contribution in [2.75, 3.05) is 14.2 Å². The third kappa shape index (κ3) is 6.01. The predicted octanol–water partition coefficient (Wildman–Crippen LogP) is 6.65. The first-order valence-corrected chi connectivity index (χ1v) is 11.2. The molecule has 0 aliphatic carbocycles. The highest BCUT2D eigenvalue weighted by atomic mass is 32.2. The van der Waals surface area contributed by atoms with E-state index in [0.29, 0.717) is 0 Å². The second kappa shape index (κ2) is 11.0. The fourth-order valence-electron chi connectivity index (χ4n) is 3.06. The van der Waals surface area contributed by atoms with Gasteiger partial charge < -0.3 is 9.47 Å². The first-order valence-electron chi connectivity index (χ1n) is 10.4. The summed E-state index contributed by atoms with van der Waals surface area (Å²) < 4.78 is 10.4. The Morgan fingerprint density at radius 1 is 0.485 bits per heavy atom. The van der Waals surface area contributed by atoms with Crippen LogP contribution in [0.1, 0.15) is 22.3 Å². The summed E-state index contributed by atoms with van der Waals surface area (Å²) in [4.78, 5) is 2.19. The summed E-state index contributed by atoms with van der Waals surface area (Å²) in [5, 5.41) is 0. The molecule has 0 aliphatic heterocycles. The lowest BCUT2D eigenvalue weighted by Crippen LogP contribution is -1.86. The Hall–Kier alpha value is -4.05. The number of hydrogen-bond donors (Lipinski definition) is 0. The molecule has 2 nitrogen and oxygen atoms in total. The monoisotopic (exact) mass is 446 g/mol. The first-order chi connectivity index (χ1) is 16.2. The molecule has 0 amide bonds. The molecule has 3 heteroatoms. The topological polar surface area (TPSA) is 18.5 Å². The molecular weight excluding hydrogens is 424 g/mol. The minimum atomic E-state index is 0.823. The second-order valence-corrected chi connectivity index (χ2v) is 8.14. The van der Waals surface area contributed by atoms with Crippen molar-refractivity contribution in [3.8, 4) is 35.2 Å². The fourth-order valence-corrected chi connectivity index (χ4v) is 4.05. The maximum absolute atomic E-state index is 5.22. The van der Waals surface area contributed by atoms with Crippen molar-refractivity contribution in [3.05, 3.63) is 119 Å². The van der Waals surface area contributed by atoms with Crippen LogP contribution in [0.5, 0.6) is 11.5 Å². The van der Waals surface area contributed by atoms with Crippen molar-refractivity contribution in [1.29, 1.82) is 0 Å². The molecular formula is C30H22O2S. The Morgan fingerprint density at radius 2 is 0.879 bits per heavy atom. The van der Waals surface area contributed by atoms with Gasteiger partial charge in [-0.15, -0.1) is 0 Å². The summed E-state index contributed by atoms with van der Waals surface area (Å²) in [6.45, 7) is 0. The molecule has 33 heavy (non-hydrogen) atoms. The van der Waals surface area contributed by atoms with Crippen molar-refractivity contribution in [1.82, 2.24) is 0 Å². The number of rotatable bonds is 4. The average molecular weight is 447 g/mol. The van der Waals surface area contributed by atoms with E-state index in [9.17, 15) is 0 Å². The van der Waals surface area contributed by atoms with E-state index in [0.717, 1.165) is 43.5 Å². The highest BCUT2D eigenvalue weighted by molar-refractivity contribution is 7.99. The molecule has 0 spiro atoms. The molecule has 0 aromatic heterocycles. The van der Waals surface area contributed by atoms with Crippen molar-refractivity contribution in [3.63, 3.8) is 0 Å². The quantitative estimate of drug-likeness (QED) is 0.327. The second-order valence-electron chi connectivity index (χ2n) is 7.05. The van der Waals surface area contributed by atoms with Crippen molar-refractivity contribution < 1.29 is 9.47 Å². The maximum atomic E-state index is 5.22. The lowest BCUT2D eigenvalue weighted by molar-refractivity contribution is 0.414. The van der Waals surface area contributed by atoms with Gasteiger partial charge in [0.05, 0.1) is 14.2 Å². The van der Waals surface area contributed by atoms with Crippen LogP contribution in [0.15, 0.2) is 107 Å². The Morgan fingerprint density at radius 3 is 1.27 bits per heavy atom. The Bertz CT molecular complexity index is 1240. The third-order valence-corrected chi connectivity index (χ3v) is 6.01. The molecule has 0 fully saturated rings. The standard InChI is InChI=1S/C30H22O2S/c1-31-27-19-13-23(14-20-27)11-17-25-7-3-5-9-29(25)33-30-10-6-4-8-26(30)18-12-24-15-21-28(32-2)22-16-24/h3-10,13-16,19-22H,1-2H3. The number of methoxy groups -OCH3 is 2. The molecule has 0 atom stereocenters. The fraction of sp³-hybridized carbons (Fsp3) is 0.0667. The Kier molecular flexibility index (Phi) is 7.39. The van der Waals surface area contributed by atoms with Gasteiger partial charge in [-0.1, -0.05) is 59.7 Å². The SMILES string of the molecule is COc1ccc(C#Cc2ccccc2Sc2ccccc2C#Cc2ccc(OC)cc2)cc1. The van der Waals surface area contributed by atoms with Crippen LogP contribution < -0.4 is 9.47 Å². The van der Waals surface area contributed by atoms with Gasteiger partial charge >= 0.3 is 0 Å². The molecule has 0 saturated carbocycles. The van der Waals surface area contributed by atoms with Crippen LogP contribution in [0.2, 0.25) is 0 Å². The van der Waals surface area contributed by atoms with Crippen LogP contribution >= 0.6 is 11.8 Å². The molecule has 0 N–H and O–H groups in total. The van der Waals surface area contributed by atoms with Crippen LogP contribution in [0, 0.1) is 23.7 Å². The molecule has 4 rings (SSSR count). The smallest absolute Gasteiger partial charge is 0.118 e. The zero-order valence-corrected chi connectivity index (χ0v) is 19.3. The molecule has 4 aromatic carbocycles. The molecule has 0 bridgehead atoms. The van der Waals surface area contributed by atoms with Crippen LogP contribution in [0.25, 0.3) is 0 Å². The van der Waals surface area contributed by atoms with E-state index < -0.39 is 0 Å². The molecule has 0 radical (unpaired) electrons. The molecule has 4 aromatic rings. The van der Waals surface area contributed by atoms with Gasteiger partial charge in [0.15, 0.2) is 0 Å². The van der Waals surface area contributed by atoms with Gasteiger partial charge in [0, 0.05) is 32.0 Å². The van der Waals surface area contributed by atoms with Gasteiger partial charge in [0.1, 0.15) is 11.5 Å². The van der Waals surface area contributed by atoms with Gasteiger partial charge in [-0.2, -0.15) is 0 Å². The summed E-state index contributed by atoms with van der Waals surface area (Å²) >= 11 is 1.68. The van der Waals surface area contributed by atoms with Gasteiger partial charge in [-0.25, -0.2) is 0 Å². The van der Waals surface area contributed by atoms with Gasteiger partial charge in [0.2, 0.25) is 0 Å². The van der Waals surface area contributed by atoms with Crippen LogP contribution in [0.4, 0.5) is 0 Å². The number of benzene rings is 4. The maximum Gasteiger partial charge on any atom is 0.118 e. The van der Waals surface area contributed by atoms with E-state index in [4.69, 9.17) is 9.47 Å². The highest BCUT2D eigenvalue weighted by Gasteiger charge is 2.06. The van der Waals surface area contributed by atoms with Crippen molar-refractivity contribution >= 4 is 11.8 Å². The van der Waals surface area contributed by atoms with E-state index in [-0.39, 0.29) is 0 Å². The van der Waals surface area contributed by atoms with Crippen LogP contribution in [-0.2, 0) is 0 Å². The summed E-state index contributed by atoms with van der Waals surface area (Å²) in [5.41, 5.74) is 3.86. The van der Waals surface area contributed by atoms with Gasteiger partial charge in [-0.3, -0.25) is 0 Å². The minimum absolute atomic E-state index is 0.823. The van der Waals surface area contributed by atoms with Crippen LogP contribution in [0.3, 0.4) is 0 Å². The van der Waals surface area contributed by atoms with E-state index in [2.05, 4.69) is 35.8 Å². The highest BCUT2D eigenvalue weighted by Crippen LogP contribution is 2.32. The predicted molar refractivity (Wildman–Crippen MR) is 135 cm³/mol. The molecule has 0 unspecified atom stereocenters. The summed E-state index contributed by atoms with van der Waals surface area (Å²) in [6, 6.07) is 31.9. The molecule has 0 aliphatic rings. The van der Waals surface area contributed by atoms with Crippen LogP contribution in [-0.4, -0.2) is 14.2 Å². The molecule has 0 heterocycles. The Balaban J connectivity index is 1.58. The molecule has 160 valence electrons. The molecule has 0 saturated heterocycles. The van der Waals surface area contributed by atoms with E-state index in [1.807, 2.05) is 84.9 Å². The summed E-state index contributed by atoms with van der Waals surface area (Å²) in [7, 11) is 3.32. The van der Waals surface area contributed by atoms with Crippen molar-refractivity contribution in [2.45, 2.75) is 9.79 Å². The lowest BCUT2D eigenvalue weighted by Gasteiger charge is -2.06. The third-order valence-electron chi connectivity index (χ3n) is 4.86. The zero-order chi connectivity index (χ0) is 22.9. The van der Waals surface area contributed by atoms with Crippen molar-refractivity contribution in [2.24, 2.45) is 0 Å². The first kappa shape index (κ1) is 22.2. The van der Waals surface area contributed by atoms with E-state index >= 15 is 0 Å². The van der Waals surface area contributed by atoms with E-state index in [1.165, 1.54) is 0 Å². The minimum Gasteiger partial charge on any atom is -0.497 e. The van der Waals surface area contributed by atoms with Gasteiger partial charge in [0.25, 0.3) is 0 Å². The Labute approximate surface area is 199 Å². The summed E-state index contributed by atoms with van der Waals surface area (Å²) in [5.74, 6) is 14.8. The number of ether oxygens (including phenoxy) is 2. The lowest BCUT2D eigenvalue weighted by atomic mass is 10.2. The van der Waals surface area contributed by atoms with Gasteiger partial charge in [-0.05, 0) is 72.8 Å². The van der Waals surface area contributed by atoms with E-state index in [1.54, 1.807) is 26.0 Å². The largest absolute Gasteiger partial charge is 0.497 e. The number of hydrogen-bond acceptors (Lipinski definition) is 3.